The molecule has 1 saturated heterocycles. The molecule has 6 heteroatoms. The van der Waals surface area contributed by atoms with Crippen LogP contribution in [0.2, 0.25) is 0 Å². The molecular formula is C15H17ClN2O2S. The van der Waals surface area contributed by atoms with Crippen molar-refractivity contribution >= 4 is 32.5 Å². The van der Waals surface area contributed by atoms with Crippen molar-refractivity contribution in [2.75, 3.05) is 19.0 Å². The number of nitrogens with zero attached hydrogens (tertiary/aromatic N) is 2. The van der Waals surface area contributed by atoms with Crippen molar-refractivity contribution in [3.63, 3.8) is 0 Å². The van der Waals surface area contributed by atoms with Gasteiger partial charge in [0.2, 0.25) is 10.0 Å². The molecule has 0 amide bonds. The van der Waals surface area contributed by atoms with Crippen LogP contribution in [0.5, 0.6) is 0 Å². The van der Waals surface area contributed by atoms with Gasteiger partial charge >= 0.3 is 0 Å². The molecule has 1 atom stereocenters. The maximum Gasteiger partial charge on any atom is 0.243 e. The topological polar surface area (TPSA) is 50.3 Å². The number of halogens is 1. The lowest BCUT2D eigenvalue weighted by Gasteiger charge is -2.17. The average Bonchev–Trinajstić information content (AvgIpc) is 2.96. The monoisotopic (exact) mass is 324 g/mol. The van der Waals surface area contributed by atoms with Gasteiger partial charge in [0.05, 0.1) is 10.4 Å². The Morgan fingerprint density at radius 2 is 2.14 bits per heavy atom. The molecule has 0 saturated carbocycles. The van der Waals surface area contributed by atoms with E-state index in [0.29, 0.717) is 40.7 Å². The molecule has 1 unspecified atom stereocenters. The minimum atomic E-state index is -3.47. The van der Waals surface area contributed by atoms with E-state index in [0.717, 1.165) is 12.8 Å². The third-order valence-electron chi connectivity index (χ3n) is 3.99. The van der Waals surface area contributed by atoms with E-state index in [1.54, 1.807) is 28.7 Å². The fourth-order valence-electron chi connectivity index (χ4n) is 2.84. The number of hydrogen-bond donors (Lipinski definition) is 0. The van der Waals surface area contributed by atoms with Crippen LogP contribution in [0.4, 0.5) is 0 Å². The zero-order valence-electron chi connectivity index (χ0n) is 11.6. The van der Waals surface area contributed by atoms with E-state index in [1.807, 2.05) is 12.1 Å². The van der Waals surface area contributed by atoms with Crippen molar-refractivity contribution in [3.05, 3.63) is 36.5 Å². The van der Waals surface area contributed by atoms with E-state index in [2.05, 4.69) is 4.98 Å². The Morgan fingerprint density at radius 1 is 1.29 bits per heavy atom. The number of hydrogen-bond acceptors (Lipinski definition) is 3. The Morgan fingerprint density at radius 3 is 2.95 bits per heavy atom. The van der Waals surface area contributed by atoms with Gasteiger partial charge in [0.1, 0.15) is 0 Å². The summed E-state index contributed by atoms with van der Waals surface area (Å²) in [5, 5.41) is 0.681. The molecule has 112 valence electrons. The number of fused-ring (bicyclic) bond motifs is 1. The van der Waals surface area contributed by atoms with Gasteiger partial charge in [-0.3, -0.25) is 4.98 Å². The van der Waals surface area contributed by atoms with Crippen molar-refractivity contribution in [2.45, 2.75) is 17.7 Å². The van der Waals surface area contributed by atoms with E-state index >= 15 is 0 Å². The number of aromatic nitrogens is 1. The minimum Gasteiger partial charge on any atom is -0.256 e. The summed E-state index contributed by atoms with van der Waals surface area (Å²) in [6.07, 6.45) is 3.42. The van der Waals surface area contributed by atoms with E-state index in [9.17, 15) is 8.42 Å². The Hall–Kier alpha value is -1.17. The third kappa shape index (κ3) is 2.78. The quantitative estimate of drug-likeness (QED) is 0.813. The van der Waals surface area contributed by atoms with Crippen molar-refractivity contribution in [1.82, 2.24) is 9.29 Å². The smallest absolute Gasteiger partial charge is 0.243 e. The summed E-state index contributed by atoms with van der Waals surface area (Å²) in [5.74, 6) is 0.946. The second-order valence-electron chi connectivity index (χ2n) is 5.32. The fraction of sp³-hybridized carbons (Fsp3) is 0.400. The molecule has 21 heavy (non-hydrogen) atoms. The lowest BCUT2D eigenvalue weighted by Crippen LogP contribution is -2.29. The lowest BCUT2D eigenvalue weighted by molar-refractivity contribution is 0.454. The van der Waals surface area contributed by atoms with Crippen molar-refractivity contribution in [1.29, 1.82) is 0 Å². The number of pyridine rings is 1. The van der Waals surface area contributed by atoms with E-state index in [1.165, 1.54) is 0 Å². The summed E-state index contributed by atoms with van der Waals surface area (Å²) < 4.78 is 27.3. The normalized spacial score (nSPS) is 20.1. The van der Waals surface area contributed by atoms with Gasteiger partial charge in [-0.25, -0.2) is 8.42 Å². The molecule has 0 bridgehead atoms. The van der Waals surface area contributed by atoms with Crippen LogP contribution >= 0.6 is 11.6 Å². The van der Waals surface area contributed by atoms with Crippen molar-refractivity contribution in [3.8, 4) is 0 Å². The highest BCUT2D eigenvalue weighted by Crippen LogP contribution is 2.29. The first kappa shape index (κ1) is 14.8. The molecule has 2 aromatic rings. The Kier molecular flexibility index (Phi) is 4.15. The summed E-state index contributed by atoms with van der Waals surface area (Å²) in [7, 11) is -3.47. The van der Waals surface area contributed by atoms with Gasteiger partial charge in [-0.15, -0.1) is 11.6 Å². The van der Waals surface area contributed by atoms with Crippen LogP contribution in [0.25, 0.3) is 10.9 Å². The van der Waals surface area contributed by atoms with Gasteiger partial charge in [0.25, 0.3) is 0 Å². The minimum absolute atomic E-state index is 0.347. The number of benzene rings is 1. The molecule has 2 heterocycles. The van der Waals surface area contributed by atoms with Crippen LogP contribution in [-0.2, 0) is 10.0 Å². The van der Waals surface area contributed by atoms with Gasteiger partial charge in [-0.2, -0.15) is 4.31 Å². The number of sulfonamides is 1. The number of rotatable bonds is 4. The predicted molar refractivity (Wildman–Crippen MR) is 83.9 cm³/mol. The van der Waals surface area contributed by atoms with E-state index in [4.69, 9.17) is 11.6 Å². The van der Waals surface area contributed by atoms with Gasteiger partial charge in [-0.05, 0) is 43.0 Å². The van der Waals surface area contributed by atoms with Crippen LogP contribution in [0, 0.1) is 5.92 Å². The van der Waals surface area contributed by atoms with Gasteiger partial charge in [0.15, 0.2) is 0 Å². The first-order chi connectivity index (χ1) is 10.1. The first-order valence-electron chi connectivity index (χ1n) is 7.03. The summed E-state index contributed by atoms with van der Waals surface area (Å²) in [6.45, 7) is 1.13. The highest BCUT2D eigenvalue weighted by Gasteiger charge is 2.33. The Balaban J connectivity index is 1.98. The Labute approximate surface area is 129 Å². The molecular weight excluding hydrogens is 308 g/mol. The van der Waals surface area contributed by atoms with Crippen LogP contribution < -0.4 is 0 Å². The number of alkyl halides is 1. The predicted octanol–water partition coefficient (Wildman–Crippen LogP) is 2.87. The maximum absolute atomic E-state index is 12.9. The largest absolute Gasteiger partial charge is 0.256 e. The second-order valence-corrected chi connectivity index (χ2v) is 7.61. The molecule has 1 aromatic heterocycles. The Bertz CT molecular complexity index is 743. The van der Waals surface area contributed by atoms with Crippen molar-refractivity contribution in [2.24, 2.45) is 5.92 Å². The molecule has 0 radical (unpaired) electrons. The molecule has 1 fully saturated rings. The molecule has 0 aliphatic carbocycles. The SMILES string of the molecule is O=S(=O)(c1cccc2ncccc12)N1CCC(CCCl)C1. The average molecular weight is 325 g/mol. The summed E-state index contributed by atoms with van der Waals surface area (Å²) in [6, 6.07) is 8.81. The van der Waals surface area contributed by atoms with E-state index < -0.39 is 10.0 Å². The fourth-order valence-corrected chi connectivity index (χ4v) is 4.89. The molecule has 3 rings (SSSR count). The van der Waals surface area contributed by atoms with Crippen LogP contribution in [0.1, 0.15) is 12.8 Å². The standard InChI is InChI=1S/C15H17ClN2O2S/c16-8-6-12-7-10-18(11-12)21(19,20)15-5-1-4-14-13(15)3-2-9-17-14/h1-5,9,12H,6-8,10-11H2. The molecule has 1 aromatic carbocycles. The van der Waals surface area contributed by atoms with Gasteiger partial charge in [-0.1, -0.05) is 6.07 Å². The first-order valence-corrected chi connectivity index (χ1v) is 9.00. The second kappa shape index (κ2) is 5.91. The van der Waals surface area contributed by atoms with Gasteiger partial charge < -0.3 is 0 Å². The van der Waals surface area contributed by atoms with Crippen LogP contribution in [0.15, 0.2) is 41.4 Å². The molecule has 1 aliphatic heterocycles. The van der Waals surface area contributed by atoms with E-state index in [-0.39, 0.29) is 0 Å². The van der Waals surface area contributed by atoms with Crippen LogP contribution in [-0.4, -0.2) is 36.7 Å². The molecule has 0 spiro atoms. The third-order valence-corrected chi connectivity index (χ3v) is 6.13. The van der Waals surface area contributed by atoms with Gasteiger partial charge in [0, 0.05) is 30.6 Å². The lowest BCUT2D eigenvalue weighted by atomic mass is 10.1. The maximum atomic E-state index is 12.9. The van der Waals surface area contributed by atoms with Crippen molar-refractivity contribution < 1.29 is 8.42 Å². The molecule has 4 nitrogen and oxygen atoms in total. The highest BCUT2D eigenvalue weighted by molar-refractivity contribution is 7.89. The summed E-state index contributed by atoms with van der Waals surface area (Å²) in [5.41, 5.74) is 0.704. The summed E-state index contributed by atoms with van der Waals surface area (Å²) >= 11 is 5.76. The van der Waals surface area contributed by atoms with Crippen LogP contribution in [0.3, 0.4) is 0 Å². The zero-order chi connectivity index (χ0) is 14.9. The molecule has 0 N–H and O–H groups in total. The zero-order valence-corrected chi connectivity index (χ0v) is 13.1. The molecule has 1 aliphatic rings. The summed E-state index contributed by atoms with van der Waals surface area (Å²) in [4.78, 5) is 4.57. The highest BCUT2D eigenvalue weighted by atomic mass is 35.5.